The molecule has 12 heteroatoms. The van der Waals surface area contributed by atoms with Gasteiger partial charge in [0.1, 0.15) is 11.6 Å². The van der Waals surface area contributed by atoms with Crippen molar-refractivity contribution in [2.24, 2.45) is 0 Å². The van der Waals surface area contributed by atoms with Gasteiger partial charge in [-0.15, -0.1) is 0 Å². The fourth-order valence-electron chi connectivity index (χ4n) is 6.14. The number of ether oxygens (including phenoxy) is 1. The standard InChI is InChI=1S/C32H30F3N5O4/c1-5-23(42)38-11-12-39-18(15-38)9-13-44-30-25-21(14-19(26(30)34)24-22(41)7-6-20(33)27(24)35)40(32(43)37-31(25)39)29-17(4)8-10-36-28(29)16(2)3/h5-8,10,14,16,18,41H,1,9,11-13,15H2,2-4H3. The smallest absolute Gasteiger partial charge is 0.354 e. The summed E-state index contributed by atoms with van der Waals surface area (Å²) in [6, 6.07) is 4.30. The van der Waals surface area contributed by atoms with Gasteiger partial charge in [0, 0.05) is 37.8 Å². The molecule has 1 atom stereocenters. The molecule has 6 rings (SSSR count). The molecule has 0 spiro atoms. The van der Waals surface area contributed by atoms with Crippen LogP contribution in [0.4, 0.5) is 19.0 Å². The van der Waals surface area contributed by atoms with E-state index in [1.54, 1.807) is 24.1 Å². The fourth-order valence-corrected chi connectivity index (χ4v) is 6.14. The van der Waals surface area contributed by atoms with Crippen molar-refractivity contribution >= 4 is 22.6 Å². The normalized spacial score (nSPS) is 16.4. The highest BCUT2D eigenvalue weighted by Crippen LogP contribution is 2.45. The highest BCUT2D eigenvalue weighted by Gasteiger charge is 2.36. The van der Waals surface area contributed by atoms with Crippen molar-refractivity contribution in [2.45, 2.75) is 39.2 Å². The second-order valence-electron chi connectivity index (χ2n) is 11.3. The van der Waals surface area contributed by atoms with Gasteiger partial charge in [0.25, 0.3) is 0 Å². The third-order valence-corrected chi connectivity index (χ3v) is 8.26. The monoisotopic (exact) mass is 605 g/mol. The van der Waals surface area contributed by atoms with Crippen LogP contribution in [0.5, 0.6) is 11.5 Å². The Balaban J connectivity index is 1.73. The zero-order valence-corrected chi connectivity index (χ0v) is 24.4. The first-order valence-electron chi connectivity index (χ1n) is 14.3. The number of pyridine rings is 1. The zero-order valence-electron chi connectivity index (χ0n) is 24.4. The Labute approximate surface area is 250 Å². The van der Waals surface area contributed by atoms with Crippen molar-refractivity contribution in [1.29, 1.82) is 0 Å². The van der Waals surface area contributed by atoms with Gasteiger partial charge in [-0.3, -0.25) is 14.3 Å². The Bertz CT molecular complexity index is 1910. The van der Waals surface area contributed by atoms with Crippen LogP contribution in [-0.4, -0.2) is 62.7 Å². The molecule has 9 nitrogen and oxygen atoms in total. The number of anilines is 1. The molecule has 1 N–H and O–H groups in total. The minimum absolute atomic E-state index is 0.00606. The van der Waals surface area contributed by atoms with E-state index in [1.165, 1.54) is 16.7 Å². The van der Waals surface area contributed by atoms with Gasteiger partial charge in [0.2, 0.25) is 5.91 Å². The first-order valence-corrected chi connectivity index (χ1v) is 14.3. The van der Waals surface area contributed by atoms with Crippen molar-refractivity contribution < 1.29 is 27.8 Å². The maximum absolute atomic E-state index is 16.5. The van der Waals surface area contributed by atoms with E-state index in [-0.39, 0.29) is 46.9 Å². The van der Waals surface area contributed by atoms with Crippen LogP contribution in [0.1, 0.15) is 37.4 Å². The van der Waals surface area contributed by atoms with E-state index >= 15 is 8.78 Å². The van der Waals surface area contributed by atoms with E-state index in [4.69, 9.17) is 4.74 Å². The molecule has 2 aliphatic heterocycles. The molecule has 2 aliphatic rings. The summed E-state index contributed by atoms with van der Waals surface area (Å²) in [5.41, 5.74) is -0.129. The number of aryl methyl sites for hydroxylation is 1. The number of hydrogen-bond donors (Lipinski definition) is 1. The van der Waals surface area contributed by atoms with E-state index < -0.39 is 40.0 Å². The van der Waals surface area contributed by atoms with Crippen molar-refractivity contribution in [1.82, 2.24) is 19.4 Å². The summed E-state index contributed by atoms with van der Waals surface area (Å²) in [5.74, 6) is -5.00. The molecule has 1 amide bonds. The van der Waals surface area contributed by atoms with Gasteiger partial charge in [-0.25, -0.2) is 18.0 Å². The third kappa shape index (κ3) is 4.56. The molecule has 0 bridgehead atoms. The van der Waals surface area contributed by atoms with Crippen LogP contribution in [0.25, 0.3) is 27.7 Å². The van der Waals surface area contributed by atoms with E-state index in [9.17, 15) is 19.1 Å². The van der Waals surface area contributed by atoms with Gasteiger partial charge >= 0.3 is 5.69 Å². The summed E-state index contributed by atoms with van der Waals surface area (Å²) in [6.45, 7) is 10.1. The topological polar surface area (TPSA) is 101 Å². The van der Waals surface area contributed by atoms with Crippen LogP contribution in [0, 0.1) is 24.4 Å². The summed E-state index contributed by atoms with van der Waals surface area (Å²) in [5, 5.41) is 10.7. The molecule has 44 heavy (non-hydrogen) atoms. The molecule has 2 aromatic carbocycles. The molecular formula is C32H30F3N5O4. The Kier molecular flexibility index (Phi) is 7.30. The summed E-state index contributed by atoms with van der Waals surface area (Å²) in [7, 11) is 0. The van der Waals surface area contributed by atoms with Crippen molar-refractivity contribution in [3.63, 3.8) is 0 Å². The van der Waals surface area contributed by atoms with Gasteiger partial charge in [0.15, 0.2) is 23.2 Å². The van der Waals surface area contributed by atoms with Crippen molar-refractivity contribution in [2.75, 3.05) is 31.1 Å². The number of nitrogens with zero attached hydrogens (tertiary/aromatic N) is 5. The minimum atomic E-state index is -1.45. The van der Waals surface area contributed by atoms with Gasteiger partial charge < -0.3 is 19.6 Å². The number of rotatable bonds is 4. The van der Waals surface area contributed by atoms with Gasteiger partial charge in [-0.05, 0) is 48.7 Å². The highest BCUT2D eigenvalue weighted by molar-refractivity contribution is 6.00. The summed E-state index contributed by atoms with van der Waals surface area (Å²) < 4.78 is 53.5. The number of halogens is 3. The second kappa shape index (κ2) is 11.0. The number of benzene rings is 2. The Morgan fingerprint density at radius 2 is 1.95 bits per heavy atom. The van der Waals surface area contributed by atoms with E-state index in [0.717, 1.165) is 12.1 Å². The number of piperazine rings is 1. The largest absolute Gasteiger partial charge is 0.507 e. The molecule has 1 saturated heterocycles. The first kappa shape index (κ1) is 29.2. The lowest BCUT2D eigenvalue weighted by Crippen LogP contribution is -2.56. The minimum Gasteiger partial charge on any atom is -0.507 e. The Morgan fingerprint density at radius 1 is 1.18 bits per heavy atom. The number of aromatic hydroxyl groups is 1. The number of amides is 1. The number of phenols is 1. The van der Waals surface area contributed by atoms with Gasteiger partial charge in [0.05, 0.1) is 40.5 Å². The third-order valence-electron chi connectivity index (χ3n) is 8.26. The highest BCUT2D eigenvalue weighted by atomic mass is 19.2. The maximum Gasteiger partial charge on any atom is 0.354 e. The molecule has 2 aromatic heterocycles. The van der Waals surface area contributed by atoms with E-state index in [1.807, 2.05) is 18.7 Å². The van der Waals surface area contributed by atoms with Crippen LogP contribution >= 0.6 is 0 Å². The number of carbonyl (C=O) groups excluding carboxylic acids is 1. The van der Waals surface area contributed by atoms with E-state index in [0.29, 0.717) is 43.0 Å². The lowest BCUT2D eigenvalue weighted by Gasteiger charge is -2.43. The van der Waals surface area contributed by atoms with Crippen LogP contribution in [0.3, 0.4) is 0 Å². The first-order chi connectivity index (χ1) is 21.0. The lowest BCUT2D eigenvalue weighted by atomic mass is 9.98. The SMILES string of the molecule is C=CC(=O)N1CCN2c3nc(=O)n(-c4c(C)ccnc4C(C)C)c4cc(-c5c(O)ccc(F)c5F)c(F)c(c34)OCCC2C1. The average molecular weight is 606 g/mol. The second-order valence-corrected chi connectivity index (χ2v) is 11.3. The molecule has 1 fully saturated rings. The van der Waals surface area contributed by atoms with Crippen LogP contribution in [0.2, 0.25) is 0 Å². The maximum atomic E-state index is 16.5. The molecule has 4 aromatic rings. The quantitative estimate of drug-likeness (QED) is 0.327. The molecular weight excluding hydrogens is 575 g/mol. The number of aromatic nitrogens is 3. The predicted octanol–water partition coefficient (Wildman–Crippen LogP) is 4.99. The fraction of sp³-hybridized carbons (Fsp3) is 0.312. The van der Waals surface area contributed by atoms with E-state index in [2.05, 4.69) is 16.5 Å². The number of carbonyl (C=O) groups is 1. The number of hydrogen-bond acceptors (Lipinski definition) is 7. The molecule has 0 aliphatic carbocycles. The molecule has 228 valence electrons. The van der Waals surface area contributed by atoms with Crippen molar-refractivity contribution in [3.05, 3.63) is 82.3 Å². The Morgan fingerprint density at radius 3 is 2.68 bits per heavy atom. The van der Waals surface area contributed by atoms with Crippen LogP contribution in [0.15, 0.2) is 47.9 Å². The Hall–Kier alpha value is -4.87. The summed E-state index contributed by atoms with van der Waals surface area (Å²) in [4.78, 5) is 39.0. The summed E-state index contributed by atoms with van der Waals surface area (Å²) >= 11 is 0. The van der Waals surface area contributed by atoms with Gasteiger partial charge in [-0.1, -0.05) is 20.4 Å². The zero-order chi connectivity index (χ0) is 31.4. The number of fused-ring (bicyclic) bond motifs is 2. The molecule has 1 unspecified atom stereocenters. The average Bonchev–Trinajstić information content (AvgIpc) is 2.99. The van der Waals surface area contributed by atoms with Gasteiger partial charge in [-0.2, -0.15) is 4.98 Å². The lowest BCUT2D eigenvalue weighted by molar-refractivity contribution is -0.126. The molecule has 0 radical (unpaired) electrons. The summed E-state index contributed by atoms with van der Waals surface area (Å²) in [6.07, 6.45) is 3.20. The van der Waals surface area contributed by atoms with Crippen molar-refractivity contribution in [3.8, 4) is 28.3 Å². The van der Waals surface area contributed by atoms with Crippen LogP contribution in [-0.2, 0) is 4.79 Å². The molecule has 0 saturated carbocycles. The van der Waals surface area contributed by atoms with Crippen LogP contribution < -0.4 is 15.3 Å². The predicted molar refractivity (Wildman–Crippen MR) is 159 cm³/mol. The number of phenolic OH excluding ortho intramolecular Hbond substituents is 1. The molecule has 4 heterocycles.